The summed E-state index contributed by atoms with van der Waals surface area (Å²) in [6.45, 7) is 3.40. The van der Waals surface area contributed by atoms with Crippen LogP contribution in [-0.4, -0.2) is 5.97 Å². The SMILES string of the molecule is C=COC(=O)c1ccc(N(c2ccccc2)c2ccccc2)cc1. The number of ether oxygens (including phenoxy) is 1. The molecule has 0 spiro atoms. The number of esters is 1. The predicted molar refractivity (Wildman–Crippen MR) is 96.7 cm³/mol. The van der Waals surface area contributed by atoms with Gasteiger partial charge in [0.15, 0.2) is 0 Å². The smallest absolute Gasteiger partial charge is 0.342 e. The zero-order valence-corrected chi connectivity index (χ0v) is 13.1. The van der Waals surface area contributed by atoms with Gasteiger partial charge in [-0.15, -0.1) is 0 Å². The molecule has 0 bridgehead atoms. The third-order valence-electron chi connectivity index (χ3n) is 3.58. The Hall–Kier alpha value is -3.33. The van der Waals surface area contributed by atoms with Crippen LogP contribution in [0.25, 0.3) is 0 Å². The highest BCUT2D eigenvalue weighted by atomic mass is 16.5. The Kier molecular flexibility index (Phi) is 4.73. The van der Waals surface area contributed by atoms with Gasteiger partial charge in [0.1, 0.15) is 0 Å². The predicted octanol–water partition coefficient (Wildman–Crippen LogP) is 5.46. The molecule has 0 aliphatic heterocycles. The molecule has 3 rings (SSSR count). The second-order valence-electron chi connectivity index (χ2n) is 5.13. The van der Waals surface area contributed by atoms with Gasteiger partial charge in [0.25, 0.3) is 0 Å². The summed E-state index contributed by atoms with van der Waals surface area (Å²) in [7, 11) is 0. The number of hydrogen-bond donors (Lipinski definition) is 0. The summed E-state index contributed by atoms with van der Waals surface area (Å²) in [5, 5.41) is 0. The first-order chi connectivity index (χ1) is 11.8. The van der Waals surface area contributed by atoms with E-state index in [0.29, 0.717) is 5.56 Å². The molecule has 3 aromatic carbocycles. The minimum absolute atomic E-state index is 0.414. The molecule has 0 N–H and O–H groups in total. The molecule has 0 heterocycles. The Morgan fingerprint density at radius 2 is 1.21 bits per heavy atom. The Balaban J connectivity index is 2.00. The van der Waals surface area contributed by atoms with Gasteiger partial charge in [-0.1, -0.05) is 43.0 Å². The van der Waals surface area contributed by atoms with E-state index in [1.807, 2.05) is 72.8 Å². The van der Waals surface area contributed by atoms with E-state index in [1.165, 1.54) is 0 Å². The molecule has 3 heteroatoms. The first-order valence-electron chi connectivity index (χ1n) is 7.62. The number of carbonyl (C=O) groups is 1. The number of hydrogen-bond acceptors (Lipinski definition) is 3. The van der Waals surface area contributed by atoms with Gasteiger partial charge >= 0.3 is 5.97 Å². The van der Waals surface area contributed by atoms with Crippen molar-refractivity contribution in [2.75, 3.05) is 4.90 Å². The van der Waals surface area contributed by atoms with E-state index in [9.17, 15) is 4.79 Å². The summed E-state index contributed by atoms with van der Waals surface area (Å²) in [5.74, 6) is -0.414. The number of anilines is 3. The number of nitrogens with zero attached hydrogens (tertiary/aromatic N) is 1. The zero-order valence-electron chi connectivity index (χ0n) is 13.1. The summed E-state index contributed by atoms with van der Waals surface area (Å²) in [4.78, 5) is 13.9. The monoisotopic (exact) mass is 315 g/mol. The van der Waals surface area contributed by atoms with E-state index in [2.05, 4.69) is 11.5 Å². The first kappa shape index (κ1) is 15.6. The quantitative estimate of drug-likeness (QED) is 0.463. The molecule has 0 radical (unpaired) electrons. The van der Waals surface area contributed by atoms with Gasteiger partial charge in [0.2, 0.25) is 0 Å². The average Bonchev–Trinajstić information content (AvgIpc) is 2.64. The van der Waals surface area contributed by atoms with Crippen LogP contribution in [0.5, 0.6) is 0 Å². The van der Waals surface area contributed by atoms with Gasteiger partial charge < -0.3 is 9.64 Å². The van der Waals surface area contributed by atoms with Crippen LogP contribution in [0.1, 0.15) is 10.4 Å². The molecule has 0 atom stereocenters. The van der Waals surface area contributed by atoms with Crippen LogP contribution in [-0.2, 0) is 4.74 Å². The highest BCUT2D eigenvalue weighted by Crippen LogP contribution is 2.34. The van der Waals surface area contributed by atoms with Crippen LogP contribution >= 0.6 is 0 Å². The molecule has 3 nitrogen and oxygen atoms in total. The van der Waals surface area contributed by atoms with Crippen molar-refractivity contribution >= 4 is 23.0 Å². The van der Waals surface area contributed by atoms with Gasteiger partial charge in [0.05, 0.1) is 11.8 Å². The summed E-state index contributed by atoms with van der Waals surface area (Å²) in [6, 6.07) is 27.5. The molecule has 0 saturated carbocycles. The number of benzene rings is 3. The molecule has 118 valence electrons. The Morgan fingerprint density at radius 3 is 1.67 bits per heavy atom. The maximum Gasteiger partial charge on any atom is 0.342 e. The molecule has 0 saturated heterocycles. The zero-order chi connectivity index (χ0) is 16.8. The molecule has 24 heavy (non-hydrogen) atoms. The van der Waals surface area contributed by atoms with Crippen LogP contribution in [0.3, 0.4) is 0 Å². The fraction of sp³-hybridized carbons (Fsp3) is 0. The van der Waals surface area contributed by atoms with Crippen molar-refractivity contribution in [3.05, 3.63) is 103 Å². The lowest BCUT2D eigenvalue weighted by Crippen LogP contribution is -2.10. The minimum atomic E-state index is -0.414. The third kappa shape index (κ3) is 3.36. The van der Waals surface area contributed by atoms with E-state index in [0.717, 1.165) is 23.3 Å². The van der Waals surface area contributed by atoms with Crippen LogP contribution in [0, 0.1) is 0 Å². The molecule has 0 unspecified atom stereocenters. The van der Waals surface area contributed by atoms with Crippen molar-refractivity contribution < 1.29 is 9.53 Å². The van der Waals surface area contributed by atoms with Crippen molar-refractivity contribution in [3.63, 3.8) is 0 Å². The van der Waals surface area contributed by atoms with Crippen molar-refractivity contribution in [2.24, 2.45) is 0 Å². The summed E-state index contributed by atoms with van der Waals surface area (Å²) < 4.78 is 4.81. The maximum absolute atomic E-state index is 11.8. The van der Waals surface area contributed by atoms with Crippen molar-refractivity contribution in [3.8, 4) is 0 Å². The fourth-order valence-electron chi connectivity index (χ4n) is 2.49. The molecule has 3 aromatic rings. The lowest BCUT2D eigenvalue weighted by molar-refractivity contribution is 0.0664. The lowest BCUT2D eigenvalue weighted by Gasteiger charge is -2.25. The molecule has 0 aliphatic rings. The molecular formula is C21H17NO2. The standard InChI is InChI=1S/C21H17NO2/c1-2-24-21(23)17-13-15-20(16-14-17)22(18-9-5-3-6-10-18)19-11-7-4-8-12-19/h2-16H,1H2. The highest BCUT2D eigenvalue weighted by molar-refractivity contribution is 5.90. The van der Waals surface area contributed by atoms with Gasteiger partial charge in [-0.25, -0.2) is 4.79 Å². The van der Waals surface area contributed by atoms with E-state index in [1.54, 1.807) is 12.1 Å². The van der Waals surface area contributed by atoms with Crippen LogP contribution < -0.4 is 4.90 Å². The van der Waals surface area contributed by atoms with E-state index in [-0.39, 0.29) is 0 Å². The van der Waals surface area contributed by atoms with Crippen LogP contribution in [0.15, 0.2) is 97.8 Å². The summed E-state index contributed by atoms with van der Waals surface area (Å²) >= 11 is 0. The third-order valence-corrected chi connectivity index (χ3v) is 3.58. The van der Waals surface area contributed by atoms with E-state index in [4.69, 9.17) is 4.74 Å². The number of carbonyl (C=O) groups excluding carboxylic acids is 1. The molecular weight excluding hydrogens is 298 g/mol. The van der Waals surface area contributed by atoms with Gasteiger partial charge in [-0.2, -0.15) is 0 Å². The molecule has 0 aliphatic carbocycles. The van der Waals surface area contributed by atoms with Gasteiger partial charge in [-0.05, 0) is 48.5 Å². The number of para-hydroxylation sites is 2. The first-order valence-corrected chi connectivity index (χ1v) is 7.62. The number of rotatable bonds is 5. The highest BCUT2D eigenvalue weighted by Gasteiger charge is 2.13. The van der Waals surface area contributed by atoms with Crippen molar-refractivity contribution in [1.82, 2.24) is 0 Å². The normalized spacial score (nSPS) is 10.0. The van der Waals surface area contributed by atoms with E-state index >= 15 is 0 Å². The fourth-order valence-corrected chi connectivity index (χ4v) is 2.49. The Morgan fingerprint density at radius 1 is 0.750 bits per heavy atom. The van der Waals surface area contributed by atoms with Crippen molar-refractivity contribution in [2.45, 2.75) is 0 Å². The van der Waals surface area contributed by atoms with Crippen LogP contribution in [0.2, 0.25) is 0 Å². The average molecular weight is 315 g/mol. The molecule has 0 amide bonds. The second-order valence-corrected chi connectivity index (χ2v) is 5.13. The maximum atomic E-state index is 11.8. The largest absolute Gasteiger partial charge is 0.432 e. The van der Waals surface area contributed by atoms with Crippen molar-refractivity contribution in [1.29, 1.82) is 0 Å². The molecule has 0 aromatic heterocycles. The molecule has 0 fully saturated rings. The second kappa shape index (κ2) is 7.29. The summed E-state index contributed by atoms with van der Waals surface area (Å²) in [5.41, 5.74) is 3.54. The van der Waals surface area contributed by atoms with E-state index < -0.39 is 5.97 Å². The van der Waals surface area contributed by atoms with Crippen LogP contribution in [0.4, 0.5) is 17.1 Å². The van der Waals surface area contributed by atoms with Gasteiger partial charge in [0, 0.05) is 17.1 Å². The summed E-state index contributed by atoms with van der Waals surface area (Å²) in [6.07, 6.45) is 1.14. The topological polar surface area (TPSA) is 29.5 Å². The Labute approximate surface area is 141 Å². The lowest BCUT2D eigenvalue weighted by atomic mass is 10.1. The minimum Gasteiger partial charge on any atom is -0.432 e. The van der Waals surface area contributed by atoms with Gasteiger partial charge in [-0.3, -0.25) is 0 Å². The Bertz CT molecular complexity index is 772.